The Morgan fingerprint density at radius 3 is 2.70 bits per heavy atom. The van der Waals surface area contributed by atoms with E-state index in [2.05, 4.69) is 20.8 Å². The Kier molecular flexibility index (Phi) is 5.60. The molecule has 1 heterocycles. The van der Waals surface area contributed by atoms with Crippen LogP contribution < -0.4 is 5.32 Å². The van der Waals surface area contributed by atoms with Crippen LogP contribution in [-0.4, -0.2) is 37.7 Å². The Balaban J connectivity index is 1.65. The molecule has 0 aliphatic rings. The maximum absolute atomic E-state index is 14.0. The number of hydrogen-bond acceptors (Lipinski definition) is 6. The van der Waals surface area contributed by atoms with Crippen molar-refractivity contribution in [1.29, 1.82) is 0 Å². The average molecular weight is 385 g/mol. The fourth-order valence-electron chi connectivity index (χ4n) is 2.38. The zero-order chi connectivity index (χ0) is 19.4. The van der Waals surface area contributed by atoms with Crippen molar-refractivity contribution in [2.45, 2.75) is 18.7 Å². The molecule has 0 aliphatic heterocycles. The van der Waals surface area contributed by atoms with Crippen LogP contribution in [0.1, 0.15) is 22.8 Å². The van der Waals surface area contributed by atoms with Gasteiger partial charge in [-0.15, -0.1) is 16.9 Å². The number of ketones is 1. The lowest BCUT2D eigenvalue weighted by molar-refractivity contribution is -0.113. The molecule has 1 N–H and O–H groups in total. The topological polar surface area (TPSA) is 89.8 Å². The van der Waals surface area contributed by atoms with Gasteiger partial charge in [-0.05, 0) is 54.1 Å². The minimum atomic E-state index is -0.517. The van der Waals surface area contributed by atoms with E-state index in [1.807, 2.05) is 13.0 Å². The molecule has 0 aliphatic carbocycles. The molecule has 2 aromatic carbocycles. The van der Waals surface area contributed by atoms with Crippen molar-refractivity contribution < 1.29 is 14.0 Å². The number of aryl methyl sites for hydroxylation is 1. The third-order valence-electron chi connectivity index (χ3n) is 3.79. The van der Waals surface area contributed by atoms with Crippen molar-refractivity contribution in [3.8, 4) is 5.69 Å². The number of aromatic nitrogens is 4. The summed E-state index contributed by atoms with van der Waals surface area (Å²) >= 11 is 1.06. The number of rotatable bonds is 6. The zero-order valence-corrected chi connectivity index (χ0v) is 15.5. The molecule has 27 heavy (non-hydrogen) atoms. The van der Waals surface area contributed by atoms with Gasteiger partial charge in [0.25, 0.3) is 0 Å². The van der Waals surface area contributed by atoms with Crippen LogP contribution in [0.4, 0.5) is 10.1 Å². The molecule has 3 rings (SSSR count). The summed E-state index contributed by atoms with van der Waals surface area (Å²) in [4.78, 5) is 23.8. The predicted octanol–water partition coefficient (Wildman–Crippen LogP) is 3.04. The van der Waals surface area contributed by atoms with Crippen LogP contribution in [0.25, 0.3) is 5.69 Å². The van der Waals surface area contributed by atoms with Gasteiger partial charge in [0.1, 0.15) is 12.1 Å². The largest absolute Gasteiger partial charge is 0.325 e. The second kappa shape index (κ2) is 8.09. The van der Waals surface area contributed by atoms with Crippen LogP contribution in [0.3, 0.4) is 0 Å². The Hall–Kier alpha value is -3.07. The molecule has 9 heteroatoms. The average Bonchev–Trinajstić information content (AvgIpc) is 3.16. The molecule has 0 bridgehead atoms. The fourth-order valence-corrected chi connectivity index (χ4v) is 3.10. The van der Waals surface area contributed by atoms with Crippen molar-refractivity contribution in [3.05, 3.63) is 59.7 Å². The summed E-state index contributed by atoms with van der Waals surface area (Å²) < 4.78 is 15.5. The van der Waals surface area contributed by atoms with Gasteiger partial charge in [-0.3, -0.25) is 9.59 Å². The highest BCUT2D eigenvalue weighted by Gasteiger charge is 2.11. The number of Topliss-reactive ketones (excluding diaryl/α,β-unsaturated/α-hetero) is 1. The molecule has 7 nitrogen and oxygen atoms in total. The number of tetrazole rings is 1. The molecule has 1 amide bonds. The summed E-state index contributed by atoms with van der Waals surface area (Å²) in [6, 6.07) is 9.61. The first-order chi connectivity index (χ1) is 12.9. The maximum atomic E-state index is 14.0. The van der Waals surface area contributed by atoms with Gasteiger partial charge in [-0.25, -0.2) is 9.07 Å². The lowest BCUT2D eigenvalue weighted by Gasteiger charge is -2.10. The molecule has 0 atom stereocenters. The number of hydrogen-bond donors (Lipinski definition) is 1. The standard InChI is InChI=1S/C18H16FN5O2S/c1-11-3-5-14(8-16(11)24-10-20-22-23-24)21-18(26)9-27-17-6-4-13(12(2)25)7-15(17)19/h3-8,10H,9H2,1-2H3,(H,21,26). The van der Waals surface area contributed by atoms with Gasteiger partial charge in [-0.1, -0.05) is 12.1 Å². The highest BCUT2D eigenvalue weighted by Crippen LogP contribution is 2.24. The number of nitrogens with one attached hydrogen (secondary N) is 1. The lowest BCUT2D eigenvalue weighted by atomic mass is 10.1. The number of amides is 1. The number of benzene rings is 2. The predicted molar refractivity (Wildman–Crippen MR) is 99.6 cm³/mol. The van der Waals surface area contributed by atoms with Crippen molar-refractivity contribution >= 4 is 29.1 Å². The Bertz CT molecular complexity index is 991. The van der Waals surface area contributed by atoms with Gasteiger partial charge in [0, 0.05) is 16.1 Å². The third kappa shape index (κ3) is 4.56. The number of anilines is 1. The van der Waals surface area contributed by atoms with Gasteiger partial charge in [0.2, 0.25) is 5.91 Å². The van der Waals surface area contributed by atoms with Crippen LogP contribution >= 0.6 is 11.8 Å². The number of carbonyl (C=O) groups is 2. The highest BCUT2D eigenvalue weighted by molar-refractivity contribution is 8.00. The third-order valence-corrected chi connectivity index (χ3v) is 4.83. The Labute approximate surface area is 159 Å². The summed E-state index contributed by atoms with van der Waals surface area (Å²) in [6.45, 7) is 3.28. The second-order valence-corrected chi connectivity index (χ2v) is 6.81. The SMILES string of the molecule is CC(=O)c1ccc(SCC(=O)Nc2ccc(C)c(-n3cnnn3)c2)c(F)c1. The molecule has 138 valence electrons. The molecular weight excluding hydrogens is 369 g/mol. The summed E-state index contributed by atoms with van der Waals surface area (Å²) in [5.41, 5.74) is 2.58. The summed E-state index contributed by atoms with van der Waals surface area (Å²) in [5, 5.41) is 13.8. The number of halogens is 1. The fraction of sp³-hybridized carbons (Fsp3) is 0.167. The monoisotopic (exact) mass is 385 g/mol. The van der Waals surface area contributed by atoms with E-state index in [4.69, 9.17) is 0 Å². The Morgan fingerprint density at radius 2 is 2.04 bits per heavy atom. The maximum Gasteiger partial charge on any atom is 0.234 e. The first-order valence-corrected chi connectivity index (χ1v) is 9.00. The van der Waals surface area contributed by atoms with Crippen molar-refractivity contribution in [1.82, 2.24) is 20.2 Å². The molecular formula is C18H16FN5O2S. The number of carbonyl (C=O) groups excluding carboxylic acids is 2. The molecule has 0 spiro atoms. The van der Waals surface area contributed by atoms with Crippen LogP contribution in [0.2, 0.25) is 0 Å². The smallest absolute Gasteiger partial charge is 0.234 e. The van der Waals surface area contributed by atoms with E-state index >= 15 is 0 Å². The van der Waals surface area contributed by atoms with E-state index in [1.165, 1.54) is 30.1 Å². The van der Waals surface area contributed by atoms with E-state index < -0.39 is 5.82 Å². The van der Waals surface area contributed by atoms with E-state index in [1.54, 1.807) is 18.2 Å². The molecule has 0 radical (unpaired) electrons. The van der Waals surface area contributed by atoms with Gasteiger partial charge in [0.15, 0.2) is 5.78 Å². The molecule has 3 aromatic rings. The van der Waals surface area contributed by atoms with Gasteiger partial charge in [0.05, 0.1) is 11.4 Å². The zero-order valence-electron chi connectivity index (χ0n) is 14.6. The van der Waals surface area contributed by atoms with Gasteiger partial charge in [-0.2, -0.15) is 0 Å². The molecule has 0 unspecified atom stereocenters. The minimum absolute atomic E-state index is 0.0322. The van der Waals surface area contributed by atoms with E-state index in [0.29, 0.717) is 16.1 Å². The summed E-state index contributed by atoms with van der Waals surface area (Å²) in [5.74, 6) is -0.968. The van der Waals surface area contributed by atoms with Crippen molar-refractivity contribution in [3.63, 3.8) is 0 Å². The molecule has 1 aromatic heterocycles. The highest BCUT2D eigenvalue weighted by atomic mass is 32.2. The number of thioether (sulfide) groups is 1. The first kappa shape index (κ1) is 18.7. The van der Waals surface area contributed by atoms with Crippen molar-refractivity contribution in [2.75, 3.05) is 11.1 Å². The van der Waals surface area contributed by atoms with Crippen LogP contribution in [0.5, 0.6) is 0 Å². The van der Waals surface area contributed by atoms with E-state index in [9.17, 15) is 14.0 Å². The van der Waals surface area contributed by atoms with Crippen LogP contribution in [0.15, 0.2) is 47.6 Å². The molecule has 0 saturated carbocycles. The quantitative estimate of drug-likeness (QED) is 0.518. The van der Waals surface area contributed by atoms with Crippen LogP contribution in [-0.2, 0) is 4.79 Å². The first-order valence-electron chi connectivity index (χ1n) is 8.01. The molecule has 0 saturated heterocycles. The second-order valence-electron chi connectivity index (χ2n) is 5.79. The summed E-state index contributed by atoms with van der Waals surface area (Å²) in [7, 11) is 0. The summed E-state index contributed by atoms with van der Waals surface area (Å²) in [6.07, 6.45) is 1.47. The lowest BCUT2D eigenvalue weighted by Crippen LogP contribution is -2.14. The van der Waals surface area contributed by atoms with Gasteiger partial charge < -0.3 is 5.32 Å². The normalized spacial score (nSPS) is 10.6. The van der Waals surface area contributed by atoms with E-state index in [0.717, 1.165) is 23.0 Å². The van der Waals surface area contributed by atoms with Crippen molar-refractivity contribution in [2.24, 2.45) is 0 Å². The molecule has 0 fully saturated rings. The van der Waals surface area contributed by atoms with E-state index in [-0.39, 0.29) is 17.4 Å². The Morgan fingerprint density at radius 1 is 1.22 bits per heavy atom. The minimum Gasteiger partial charge on any atom is -0.325 e. The number of nitrogens with zero attached hydrogens (tertiary/aromatic N) is 4. The van der Waals surface area contributed by atoms with Crippen LogP contribution in [0, 0.1) is 12.7 Å². The van der Waals surface area contributed by atoms with Gasteiger partial charge >= 0.3 is 0 Å².